The molecular formula is C12H13BrO3. The van der Waals surface area contributed by atoms with Gasteiger partial charge in [-0.25, -0.2) is 4.79 Å². The second kappa shape index (κ2) is 4.97. The average molecular weight is 285 g/mol. The minimum atomic E-state index is -0.245. The van der Waals surface area contributed by atoms with E-state index in [0.29, 0.717) is 5.56 Å². The molecule has 1 aliphatic heterocycles. The van der Waals surface area contributed by atoms with Gasteiger partial charge >= 0.3 is 5.97 Å². The maximum atomic E-state index is 11.6. The molecule has 0 radical (unpaired) electrons. The van der Waals surface area contributed by atoms with E-state index in [0.717, 1.165) is 29.3 Å². The molecule has 0 saturated carbocycles. The third-order valence-corrected chi connectivity index (χ3v) is 3.20. The van der Waals surface area contributed by atoms with Crippen molar-refractivity contribution in [3.63, 3.8) is 0 Å². The van der Waals surface area contributed by atoms with Crippen molar-refractivity contribution < 1.29 is 14.6 Å². The Bertz CT molecular complexity index is 403. The van der Waals surface area contributed by atoms with Gasteiger partial charge in [0.1, 0.15) is 6.10 Å². The minimum Gasteiger partial charge on any atom is -0.454 e. The molecule has 0 aliphatic carbocycles. The van der Waals surface area contributed by atoms with Crippen molar-refractivity contribution in [1.82, 2.24) is 0 Å². The van der Waals surface area contributed by atoms with Crippen molar-refractivity contribution in [2.75, 3.05) is 6.61 Å². The van der Waals surface area contributed by atoms with E-state index in [1.165, 1.54) is 0 Å². The van der Waals surface area contributed by atoms with E-state index in [1.807, 2.05) is 12.1 Å². The van der Waals surface area contributed by atoms with E-state index in [4.69, 9.17) is 9.84 Å². The molecule has 1 heterocycles. The van der Waals surface area contributed by atoms with Crippen LogP contribution in [-0.2, 0) is 4.74 Å². The highest BCUT2D eigenvalue weighted by molar-refractivity contribution is 9.10. The van der Waals surface area contributed by atoms with Crippen LogP contribution in [0.4, 0.5) is 0 Å². The number of aliphatic hydroxyl groups excluding tert-OH is 1. The van der Waals surface area contributed by atoms with Crippen LogP contribution in [0.3, 0.4) is 0 Å². The summed E-state index contributed by atoms with van der Waals surface area (Å²) in [7, 11) is 0. The van der Waals surface area contributed by atoms with Crippen molar-refractivity contribution in [3.8, 4) is 0 Å². The van der Waals surface area contributed by atoms with Crippen molar-refractivity contribution in [3.05, 3.63) is 33.8 Å². The first-order valence-corrected chi connectivity index (χ1v) is 6.13. The molecule has 86 valence electrons. The van der Waals surface area contributed by atoms with E-state index < -0.39 is 0 Å². The predicted octanol–water partition coefficient (Wildman–Crippen LogP) is 2.82. The Labute approximate surface area is 103 Å². The van der Waals surface area contributed by atoms with E-state index in [1.54, 1.807) is 6.07 Å². The Morgan fingerprint density at radius 1 is 1.38 bits per heavy atom. The first kappa shape index (κ1) is 11.6. The van der Waals surface area contributed by atoms with E-state index in [2.05, 4.69) is 15.9 Å². The summed E-state index contributed by atoms with van der Waals surface area (Å²) in [5.41, 5.74) is 1.62. The van der Waals surface area contributed by atoms with Gasteiger partial charge in [-0.15, -0.1) is 0 Å². The summed E-state index contributed by atoms with van der Waals surface area (Å²) in [5, 5.41) is 8.71. The van der Waals surface area contributed by atoms with Gasteiger partial charge in [0.15, 0.2) is 0 Å². The number of esters is 1. The summed E-state index contributed by atoms with van der Waals surface area (Å²) in [6.07, 6.45) is 2.26. The normalized spacial score (nSPS) is 18.4. The number of cyclic esters (lactones) is 1. The van der Waals surface area contributed by atoms with Crippen molar-refractivity contribution in [1.29, 1.82) is 0 Å². The molecule has 1 unspecified atom stereocenters. The first-order valence-electron chi connectivity index (χ1n) is 5.33. The van der Waals surface area contributed by atoms with Crippen LogP contribution in [0.2, 0.25) is 0 Å². The van der Waals surface area contributed by atoms with Gasteiger partial charge in [-0.3, -0.25) is 0 Å². The Balaban J connectivity index is 2.13. The van der Waals surface area contributed by atoms with Gasteiger partial charge < -0.3 is 9.84 Å². The number of hydrogen-bond acceptors (Lipinski definition) is 3. The third-order valence-electron chi connectivity index (χ3n) is 2.71. The number of ether oxygens (including phenoxy) is 1. The number of unbranched alkanes of at least 4 members (excludes halogenated alkanes) is 1. The van der Waals surface area contributed by atoms with Gasteiger partial charge in [-0.2, -0.15) is 0 Å². The number of carbonyl (C=O) groups is 1. The summed E-state index contributed by atoms with van der Waals surface area (Å²) in [5.74, 6) is -0.245. The molecule has 0 amide bonds. The van der Waals surface area contributed by atoms with Crippen LogP contribution in [-0.4, -0.2) is 17.7 Å². The van der Waals surface area contributed by atoms with E-state index >= 15 is 0 Å². The molecule has 1 aliphatic rings. The van der Waals surface area contributed by atoms with Crippen molar-refractivity contribution in [2.45, 2.75) is 25.4 Å². The zero-order valence-electron chi connectivity index (χ0n) is 8.78. The summed E-state index contributed by atoms with van der Waals surface area (Å²) in [6, 6.07) is 5.64. The monoisotopic (exact) mass is 284 g/mol. The van der Waals surface area contributed by atoms with Gasteiger partial charge in [0.2, 0.25) is 0 Å². The smallest absolute Gasteiger partial charge is 0.339 e. The first-order chi connectivity index (χ1) is 7.72. The molecule has 16 heavy (non-hydrogen) atoms. The molecule has 1 atom stereocenters. The second-order valence-corrected chi connectivity index (χ2v) is 4.76. The Kier molecular flexibility index (Phi) is 3.61. The number of rotatable bonds is 4. The fraction of sp³-hybridized carbons (Fsp3) is 0.417. The molecule has 0 spiro atoms. The van der Waals surface area contributed by atoms with E-state index in [-0.39, 0.29) is 18.7 Å². The highest BCUT2D eigenvalue weighted by Gasteiger charge is 2.30. The standard InChI is InChI=1S/C12H13BrO3/c13-8-4-5-9-10(7-8)12(15)16-11(9)3-1-2-6-14/h4-5,7,11,14H,1-3,6H2. The predicted molar refractivity (Wildman–Crippen MR) is 63.2 cm³/mol. The molecule has 2 rings (SSSR count). The van der Waals surface area contributed by atoms with Crippen LogP contribution in [0.15, 0.2) is 22.7 Å². The summed E-state index contributed by atoms with van der Waals surface area (Å²) < 4.78 is 6.18. The summed E-state index contributed by atoms with van der Waals surface area (Å²) in [4.78, 5) is 11.6. The van der Waals surface area contributed by atoms with E-state index in [9.17, 15) is 4.79 Å². The molecule has 0 bridgehead atoms. The van der Waals surface area contributed by atoms with Crippen LogP contribution in [0.1, 0.15) is 41.3 Å². The van der Waals surface area contributed by atoms with Gasteiger partial charge in [-0.1, -0.05) is 22.0 Å². The van der Waals surface area contributed by atoms with Crippen LogP contribution < -0.4 is 0 Å². The topological polar surface area (TPSA) is 46.5 Å². The number of fused-ring (bicyclic) bond motifs is 1. The van der Waals surface area contributed by atoms with Crippen LogP contribution >= 0.6 is 15.9 Å². The number of benzene rings is 1. The van der Waals surface area contributed by atoms with Gasteiger partial charge in [0, 0.05) is 16.6 Å². The maximum Gasteiger partial charge on any atom is 0.339 e. The molecule has 0 aromatic heterocycles. The third kappa shape index (κ3) is 2.28. The van der Waals surface area contributed by atoms with Crippen molar-refractivity contribution in [2.24, 2.45) is 0 Å². The quantitative estimate of drug-likeness (QED) is 0.683. The molecule has 1 N–H and O–H groups in total. The lowest BCUT2D eigenvalue weighted by Crippen LogP contribution is -1.99. The molecule has 1 aromatic rings. The van der Waals surface area contributed by atoms with Crippen LogP contribution in [0, 0.1) is 0 Å². The number of carbonyl (C=O) groups excluding carboxylic acids is 1. The maximum absolute atomic E-state index is 11.6. The van der Waals surface area contributed by atoms with Crippen LogP contribution in [0.5, 0.6) is 0 Å². The molecule has 0 fully saturated rings. The largest absolute Gasteiger partial charge is 0.454 e. The lowest BCUT2D eigenvalue weighted by atomic mass is 10.0. The minimum absolute atomic E-state index is 0.137. The zero-order chi connectivity index (χ0) is 11.5. The molecule has 1 aromatic carbocycles. The zero-order valence-corrected chi connectivity index (χ0v) is 10.4. The second-order valence-electron chi connectivity index (χ2n) is 3.84. The molecule has 0 saturated heterocycles. The highest BCUT2D eigenvalue weighted by Crippen LogP contribution is 2.35. The Morgan fingerprint density at radius 2 is 2.19 bits per heavy atom. The molecule has 3 nitrogen and oxygen atoms in total. The SMILES string of the molecule is O=C1OC(CCCCO)c2ccc(Br)cc21. The highest BCUT2D eigenvalue weighted by atomic mass is 79.9. The van der Waals surface area contributed by atoms with Crippen LogP contribution in [0.25, 0.3) is 0 Å². The fourth-order valence-corrected chi connectivity index (χ4v) is 2.26. The van der Waals surface area contributed by atoms with Crippen molar-refractivity contribution >= 4 is 21.9 Å². The Morgan fingerprint density at radius 3 is 2.94 bits per heavy atom. The number of halogens is 1. The number of hydrogen-bond donors (Lipinski definition) is 1. The summed E-state index contributed by atoms with van der Waals surface area (Å²) in [6.45, 7) is 0.188. The summed E-state index contributed by atoms with van der Waals surface area (Å²) >= 11 is 3.34. The fourth-order valence-electron chi connectivity index (χ4n) is 1.90. The molecule has 4 heteroatoms. The Hall–Kier alpha value is -0.870. The van der Waals surface area contributed by atoms with Gasteiger partial charge in [0.05, 0.1) is 5.56 Å². The number of aliphatic hydroxyl groups is 1. The average Bonchev–Trinajstić information content (AvgIpc) is 2.56. The lowest BCUT2D eigenvalue weighted by molar-refractivity contribution is 0.0361. The lowest BCUT2D eigenvalue weighted by Gasteiger charge is -2.09. The van der Waals surface area contributed by atoms with Gasteiger partial charge in [-0.05, 0) is 31.4 Å². The van der Waals surface area contributed by atoms with Gasteiger partial charge in [0.25, 0.3) is 0 Å². The molecular weight excluding hydrogens is 272 g/mol.